The van der Waals surface area contributed by atoms with E-state index in [2.05, 4.69) is 4.98 Å². The molecule has 0 spiro atoms. The van der Waals surface area contributed by atoms with E-state index in [0.29, 0.717) is 11.1 Å². The highest BCUT2D eigenvalue weighted by molar-refractivity contribution is 6.00. The first-order chi connectivity index (χ1) is 18.0. The molecule has 5 aromatic rings. The van der Waals surface area contributed by atoms with Crippen molar-refractivity contribution in [3.8, 4) is 5.75 Å². The van der Waals surface area contributed by atoms with Gasteiger partial charge in [-0.3, -0.25) is 10.1 Å². The van der Waals surface area contributed by atoms with E-state index in [1.165, 1.54) is 12.1 Å². The number of nitro groups is 1. The summed E-state index contributed by atoms with van der Waals surface area (Å²) in [5, 5.41) is 22.2. The second kappa shape index (κ2) is 10.2. The molecule has 182 valence electrons. The van der Waals surface area contributed by atoms with Crippen molar-refractivity contribution in [1.29, 1.82) is 0 Å². The molecular weight excluding hydrogens is 470 g/mol. The molecule has 0 amide bonds. The molecule has 0 fully saturated rings. The van der Waals surface area contributed by atoms with E-state index in [1.807, 2.05) is 95.9 Å². The van der Waals surface area contributed by atoms with Crippen LogP contribution >= 0.6 is 0 Å². The summed E-state index contributed by atoms with van der Waals surface area (Å²) in [4.78, 5) is 29.4. The number of carbonyl (C=O) groups is 1. The zero-order chi connectivity index (χ0) is 25.8. The van der Waals surface area contributed by atoms with Crippen LogP contribution in [0.15, 0.2) is 109 Å². The lowest BCUT2D eigenvalue weighted by atomic mass is 10.1. The maximum atomic E-state index is 12.2. The van der Waals surface area contributed by atoms with E-state index < -0.39 is 10.9 Å². The molecule has 5 rings (SSSR count). The molecule has 0 saturated heterocycles. The Hall–Kier alpha value is -5.24. The van der Waals surface area contributed by atoms with Crippen LogP contribution in [0, 0.1) is 10.1 Å². The zero-order valence-corrected chi connectivity index (χ0v) is 19.5. The van der Waals surface area contributed by atoms with Gasteiger partial charge in [0.15, 0.2) is 11.2 Å². The molecule has 1 aromatic heterocycles. The zero-order valence-electron chi connectivity index (χ0n) is 19.5. The minimum Gasteiger partial charge on any atom is -0.488 e. The topological polar surface area (TPSA) is 106 Å². The molecule has 0 aliphatic carbocycles. The van der Waals surface area contributed by atoms with Gasteiger partial charge in [0, 0.05) is 23.5 Å². The SMILES string of the molecule is O=C(O)c1cc(OCc2ccccc2)c2cc(N(c3ccccc3)c3ccccc3)cc([N+](=O)[O-])c2n1. The van der Waals surface area contributed by atoms with Gasteiger partial charge in [-0.2, -0.15) is 0 Å². The van der Waals surface area contributed by atoms with E-state index in [4.69, 9.17) is 4.74 Å². The van der Waals surface area contributed by atoms with E-state index in [-0.39, 0.29) is 29.3 Å². The Bertz CT molecular complexity index is 1540. The first kappa shape index (κ1) is 23.5. The standard InChI is InChI=1S/C29H21N3O5/c33-29(34)25-18-27(37-19-20-10-4-1-5-11-20)24-16-23(17-26(32(35)36)28(24)30-25)31(21-12-6-2-7-13-21)22-14-8-3-9-15-22/h1-18H,19H2,(H,33,34). The number of hydrogen-bond donors (Lipinski definition) is 1. The smallest absolute Gasteiger partial charge is 0.354 e. The first-order valence-corrected chi connectivity index (χ1v) is 11.4. The first-order valence-electron chi connectivity index (χ1n) is 11.4. The molecule has 8 nitrogen and oxygen atoms in total. The number of ether oxygens (including phenoxy) is 1. The molecule has 0 aliphatic rings. The molecule has 1 heterocycles. The fourth-order valence-electron chi connectivity index (χ4n) is 4.10. The molecule has 0 radical (unpaired) electrons. The molecule has 0 saturated carbocycles. The third-order valence-electron chi connectivity index (χ3n) is 5.78. The fourth-order valence-corrected chi connectivity index (χ4v) is 4.10. The van der Waals surface area contributed by atoms with Gasteiger partial charge in [-0.1, -0.05) is 66.7 Å². The molecule has 1 N–H and O–H groups in total. The number of benzene rings is 4. The van der Waals surface area contributed by atoms with Crippen molar-refractivity contribution >= 4 is 39.6 Å². The largest absolute Gasteiger partial charge is 0.488 e. The molecule has 4 aromatic carbocycles. The number of carboxylic acid groups (broad SMARTS) is 1. The Kier molecular flexibility index (Phi) is 6.46. The van der Waals surface area contributed by atoms with Crippen molar-refractivity contribution in [2.45, 2.75) is 6.61 Å². The van der Waals surface area contributed by atoms with Crippen molar-refractivity contribution < 1.29 is 19.6 Å². The molecule has 0 unspecified atom stereocenters. The van der Waals surface area contributed by atoms with Crippen molar-refractivity contribution in [2.24, 2.45) is 0 Å². The van der Waals surface area contributed by atoms with E-state index >= 15 is 0 Å². The third kappa shape index (κ3) is 4.94. The number of non-ortho nitro benzene ring substituents is 1. The highest BCUT2D eigenvalue weighted by atomic mass is 16.6. The molecule has 0 bridgehead atoms. The summed E-state index contributed by atoms with van der Waals surface area (Å²) in [6.07, 6.45) is 0. The van der Waals surface area contributed by atoms with Gasteiger partial charge in [0.1, 0.15) is 12.4 Å². The van der Waals surface area contributed by atoms with Crippen molar-refractivity contribution in [3.63, 3.8) is 0 Å². The fraction of sp³-hybridized carbons (Fsp3) is 0.0345. The summed E-state index contributed by atoms with van der Waals surface area (Å²) in [6.45, 7) is 0.151. The van der Waals surface area contributed by atoms with Gasteiger partial charge >= 0.3 is 5.97 Å². The van der Waals surface area contributed by atoms with Gasteiger partial charge in [-0.15, -0.1) is 0 Å². The van der Waals surface area contributed by atoms with Crippen LogP contribution in [0.25, 0.3) is 10.9 Å². The highest BCUT2D eigenvalue weighted by Crippen LogP contribution is 2.41. The Morgan fingerprint density at radius 1 is 0.838 bits per heavy atom. The number of para-hydroxylation sites is 2. The number of aromatic nitrogens is 1. The van der Waals surface area contributed by atoms with Crippen LogP contribution in [0.4, 0.5) is 22.7 Å². The van der Waals surface area contributed by atoms with Crippen molar-refractivity contribution in [3.05, 3.63) is 131 Å². The van der Waals surface area contributed by atoms with Gasteiger partial charge in [0.25, 0.3) is 5.69 Å². The number of aromatic carboxylic acids is 1. The number of rotatable bonds is 8. The predicted molar refractivity (Wildman–Crippen MR) is 141 cm³/mol. The van der Waals surface area contributed by atoms with Crippen molar-refractivity contribution in [2.75, 3.05) is 4.90 Å². The number of pyridine rings is 1. The summed E-state index contributed by atoms with van der Waals surface area (Å²) in [5.74, 6) is -1.11. The van der Waals surface area contributed by atoms with Crippen LogP contribution in [0.5, 0.6) is 5.75 Å². The second-order valence-electron chi connectivity index (χ2n) is 8.21. The predicted octanol–water partition coefficient (Wildman–Crippen LogP) is 6.89. The Balaban J connectivity index is 1.74. The maximum Gasteiger partial charge on any atom is 0.354 e. The summed E-state index contributed by atoms with van der Waals surface area (Å²) in [5.41, 5.74) is 2.24. The average Bonchev–Trinajstić information content (AvgIpc) is 2.93. The van der Waals surface area contributed by atoms with Gasteiger partial charge in [-0.25, -0.2) is 9.78 Å². The number of hydrogen-bond acceptors (Lipinski definition) is 6. The number of nitrogens with zero attached hydrogens (tertiary/aromatic N) is 3. The Morgan fingerprint density at radius 2 is 1.41 bits per heavy atom. The molecule has 0 atom stereocenters. The number of nitro benzene ring substituents is 1. The molecule has 0 aliphatic heterocycles. The van der Waals surface area contributed by atoms with Gasteiger partial charge in [-0.05, 0) is 35.9 Å². The number of anilines is 3. The van der Waals surface area contributed by atoms with E-state index in [1.54, 1.807) is 6.07 Å². The average molecular weight is 492 g/mol. The van der Waals surface area contributed by atoms with E-state index in [9.17, 15) is 20.0 Å². The minimum atomic E-state index is -1.31. The summed E-state index contributed by atoms with van der Waals surface area (Å²) in [7, 11) is 0. The maximum absolute atomic E-state index is 12.2. The minimum absolute atomic E-state index is 0.0576. The van der Waals surface area contributed by atoms with Gasteiger partial charge in [0.2, 0.25) is 0 Å². The monoisotopic (exact) mass is 491 g/mol. The Labute approximate surface area is 212 Å². The normalized spacial score (nSPS) is 10.7. The van der Waals surface area contributed by atoms with Crippen LogP contribution < -0.4 is 9.64 Å². The quantitative estimate of drug-likeness (QED) is 0.186. The highest BCUT2D eigenvalue weighted by Gasteiger charge is 2.24. The van der Waals surface area contributed by atoms with Gasteiger partial charge < -0.3 is 14.7 Å². The molecule has 8 heteroatoms. The van der Waals surface area contributed by atoms with Crippen LogP contribution in [-0.2, 0) is 6.61 Å². The molecular formula is C29H21N3O5. The lowest BCUT2D eigenvalue weighted by Gasteiger charge is -2.25. The van der Waals surface area contributed by atoms with Crippen LogP contribution in [0.2, 0.25) is 0 Å². The summed E-state index contributed by atoms with van der Waals surface area (Å²) in [6, 6.07) is 32.8. The van der Waals surface area contributed by atoms with Crippen LogP contribution in [0.1, 0.15) is 16.1 Å². The van der Waals surface area contributed by atoms with Crippen LogP contribution in [-0.4, -0.2) is 21.0 Å². The van der Waals surface area contributed by atoms with Crippen molar-refractivity contribution in [1.82, 2.24) is 4.98 Å². The molecule has 37 heavy (non-hydrogen) atoms. The number of carboxylic acids is 1. The van der Waals surface area contributed by atoms with Crippen LogP contribution in [0.3, 0.4) is 0 Å². The number of fused-ring (bicyclic) bond motifs is 1. The lowest BCUT2D eigenvalue weighted by Crippen LogP contribution is -2.11. The summed E-state index contributed by atoms with van der Waals surface area (Å²) >= 11 is 0. The lowest BCUT2D eigenvalue weighted by molar-refractivity contribution is -0.383. The van der Waals surface area contributed by atoms with Gasteiger partial charge in [0.05, 0.1) is 16.0 Å². The second-order valence-corrected chi connectivity index (χ2v) is 8.21. The van der Waals surface area contributed by atoms with E-state index in [0.717, 1.165) is 16.9 Å². The summed E-state index contributed by atoms with van der Waals surface area (Å²) < 4.78 is 6.03. The third-order valence-corrected chi connectivity index (χ3v) is 5.78. The Morgan fingerprint density at radius 3 is 1.95 bits per heavy atom.